The third-order valence-electron chi connectivity index (χ3n) is 6.45. The Morgan fingerprint density at radius 2 is 1.66 bits per heavy atom. The molecule has 3 aliphatic rings. The molecule has 2 aliphatic heterocycles. The van der Waals surface area contributed by atoms with Gasteiger partial charge in [0, 0.05) is 5.02 Å². The van der Waals surface area contributed by atoms with Crippen molar-refractivity contribution in [3.8, 4) is 0 Å². The molecule has 1 aromatic rings. The van der Waals surface area contributed by atoms with E-state index in [9.17, 15) is 24.0 Å². The first-order valence-electron chi connectivity index (χ1n) is 10.6. The number of hydrazine groups is 1. The van der Waals surface area contributed by atoms with Gasteiger partial charge >= 0.3 is 12.1 Å². The van der Waals surface area contributed by atoms with Crippen LogP contribution in [0.3, 0.4) is 0 Å². The van der Waals surface area contributed by atoms with Gasteiger partial charge in [-0.15, -0.1) is 0 Å². The average Bonchev–Trinajstić information content (AvgIpc) is 3.15. The molecule has 10 nitrogen and oxygen atoms in total. The minimum atomic E-state index is -1.32. The molecule has 0 aromatic heterocycles. The number of hydrogen-bond acceptors (Lipinski definition) is 5. The maximum Gasteiger partial charge on any atom is 0.344 e. The molecular formula is C21H24ClN5O5. The zero-order valence-corrected chi connectivity index (χ0v) is 18.3. The topological polar surface area (TPSA) is 128 Å². The predicted octanol–water partition coefficient (Wildman–Crippen LogP) is 1.78. The molecule has 3 fully saturated rings. The van der Waals surface area contributed by atoms with Crippen LogP contribution < -0.4 is 16.1 Å². The minimum absolute atomic E-state index is 0.257. The molecule has 0 radical (unpaired) electrons. The number of imide groups is 2. The van der Waals surface area contributed by atoms with Crippen molar-refractivity contribution in [2.75, 3.05) is 6.54 Å². The lowest BCUT2D eigenvalue weighted by Crippen LogP contribution is -2.53. The van der Waals surface area contributed by atoms with Crippen LogP contribution in [0.15, 0.2) is 24.3 Å². The highest BCUT2D eigenvalue weighted by atomic mass is 35.5. The number of nitrogens with one attached hydrogen (secondary N) is 3. The van der Waals surface area contributed by atoms with Crippen molar-refractivity contribution in [2.24, 2.45) is 0 Å². The predicted molar refractivity (Wildman–Crippen MR) is 113 cm³/mol. The lowest BCUT2D eigenvalue weighted by atomic mass is 9.82. The third kappa shape index (κ3) is 3.48. The zero-order chi connectivity index (χ0) is 23.1. The first-order valence-corrected chi connectivity index (χ1v) is 11.0. The highest BCUT2D eigenvalue weighted by molar-refractivity contribution is 6.30. The summed E-state index contributed by atoms with van der Waals surface area (Å²) in [4.78, 5) is 64.3. The quantitative estimate of drug-likeness (QED) is 0.576. The molecule has 11 heteroatoms. The number of nitrogens with zero attached hydrogens (tertiary/aromatic N) is 2. The van der Waals surface area contributed by atoms with E-state index >= 15 is 0 Å². The Kier molecular flexibility index (Phi) is 5.58. The lowest BCUT2D eigenvalue weighted by molar-refractivity contribution is -0.141. The van der Waals surface area contributed by atoms with Gasteiger partial charge in [0.2, 0.25) is 0 Å². The maximum absolute atomic E-state index is 13.2. The van der Waals surface area contributed by atoms with Crippen molar-refractivity contribution in [1.82, 2.24) is 26.0 Å². The van der Waals surface area contributed by atoms with Crippen molar-refractivity contribution in [1.29, 1.82) is 0 Å². The van der Waals surface area contributed by atoms with Crippen molar-refractivity contribution < 1.29 is 24.0 Å². The molecular weight excluding hydrogens is 438 g/mol. The standard InChI is InChI=1S/C21H24ClN5O5/c1-2-21(13-6-8-14(22)9-7-13)17(30)26(18(31)24-21)12-15(28)25-27-16(29)20(23-19(27)32)10-4-3-5-11-20/h6-9H,2-5,10-12H2,1H3,(H,23,32)(H,24,31)(H,25,28). The van der Waals surface area contributed by atoms with Crippen LogP contribution in [-0.4, -0.2) is 51.8 Å². The number of halogens is 1. The first-order chi connectivity index (χ1) is 15.2. The van der Waals surface area contributed by atoms with Crippen molar-refractivity contribution in [3.05, 3.63) is 34.9 Å². The van der Waals surface area contributed by atoms with Gasteiger partial charge in [-0.25, -0.2) is 9.59 Å². The van der Waals surface area contributed by atoms with Gasteiger partial charge in [0.15, 0.2) is 0 Å². The lowest BCUT2D eigenvalue weighted by Gasteiger charge is -2.30. The van der Waals surface area contributed by atoms with E-state index in [1.165, 1.54) is 0 Å². The smallest absolute Gasteiger partial charge is 0.322 e. The van der Waals surface area contributed by atoms with Crippen LogP contribution in [0.1, 0.15) is 51.0 Å². The molecule has 3 N–H and O–H groups in total. The summed E-state index contributed by atoms with van der Waals surface area (Å²) in [6, 6.07) is 5.06. The van der Waals surface area contributed by atoms with Crippen LogP contribution in [0.25, 0.3) is 0 Å². The van der Waals surface area contributed by atoms with E-state index in [4.69, 9.17) is 11.6 Å². The van der Waals surface area contributed by atoms with Crippen LogP contribution in [0.2, 0.25) is 5.02 Å². The van der Waals surface area contributed by atoms with E-state index < -0.39 is 47.4 Å². The highest BCUT2D eigenvalue weighted by Gasteiger charge is 2.54. The Labute approximate surface area is 189 Å². The van der Waals surface area contributed by atoms with Crippen LogP contribution in [0, 0.1) is 0 Å². The van der Waals surface area contributed by atoms with Crippen LogP contribution in [0.4, 0.5) is 9.59 Å². The highest BCUT2D eigenvalue weighted by Crippen LogP contribution is 2.34. The summed E-state index contributed by atoms with van der Waals surface area (Å²) >= 11 is 5.93. The molecule has 1 aliphatic carbocycles. The summed E-state index contributed by atoms with van der Waals surface area (Å²) in [5.74, 6) is -1.94. The molecule has 4 rings (SSSR count). The fourth-order valence-corrected chi connectivity index (χ4v) is 4.79. The normalized spacial score (nSPS) is 24.7. The molecule has 2 heterocycles. The number of carbonyl (C=O) groups excluding carboxylic acids is 5. The molecule has 0 bridgehead atoms. The van der Waals surface area contributed by atoms with Crippen LogP contribution >= 0.6 is 11.6 Å². The molecule has 170 valence electrons. The second-order valence-electron chi connectivity index (χ2n) is 8.34. The number of rotatable bonds is 5. The summed E-state index contributed by atoms with van der Waals surface area (Å²) in [5.41, 5.74) is 0.478. The van der Waals surface area contributed by atoms with Crippen molar-refractivity contribution in [2.45, 2.75) is 56.5 Å². The van der Waals surface area contributed by atoms with E-state index in [0.717, 1.165) is 24.2 Å². The van der Waals surface area contributed by atoms with Crippen LogP contribution in [-0.2, 0) is 19.9 Å². The second-order valence-corrected chi connectivity index (χ2v) is 8.77. The maximum atomic E-state index is 13.2. The van der Waals surface area contributed by atoms with Gasteiger partial charge in [0.05, 0.1) is 0 Å². The second kappa shape index (κ2) is 8.09. The molecule has 1 aromatic carbocycles. The minimum Gasteiger partial charge on any atom is -0.322 e. The number of hydrogen-bond donors (Lipinski definition) is 3. The molecule has 32 heavy (non-hydrogen) atoms. The third-order valence-corrected chi connectivity index (χ3v) is 6.70. The number of urea groups is 2. The Bertz CT molecular complexity index is 991. The van der Waals surface area contributed by atoms with Gasteiger partial charge in [0.25, 0.3) is 17.7 Å². The van der Waals surface area contributed by atoms with Crippen molar-refractivity contribution >= 4 is 41.4 Å². The average molecular weight is 462 g/mol. The number of amides is 7. The van der Waals surface area contributed by atoms with E-state index in [2.05, 4.69) is 16.1 Å². The molecule has 1 saturated carbocycles. The van der Waals surface area contributed by atoms with Crippen molar-refractivity contribution in [3.63, 3.8) is 0 Å². The van der Waals surface area contributed by atoms with Gasteiger partial charge < -0.3 is 10.6 Å². The van der Waals surface area contributed by atoms with Gasteiger partial charge in [-0.05, 0) is 37.0 Å². The van der Waals surface area contributed by atoms with Gasteiger partial charge in [0.1, 0.15) is 17.6 Å². The summed E-state index contributed by atoms with van der Waals surface area (Å²) in [6.07, 6.45) is 3.87. The number of benzene rings is 1. The fourth-order valence-electron chi connectivity index (χ4n) is 4.66. The molecule has 1 unspecified atom stereocenters. The van der Waals surface area contributed by atoms with E-state index in [-0.39, 0.29) is 6.42 Å². The Balaban J connectivity index is 1.47. The van der Waals surface area contributed by atoms with E-state index in [0.29, 0.717) is 28.4 Å². The van der Waals surface area contributed by atoms with Gasteiger partial charge in [-0.2, -0.15) is 5.01 Å². The van der Waals surface area contributed by atoms with Crippen LogP contribution in [0.5, 0.6) is 0 Å². The molecule has 1 spiro atoms. The Morgan fingerprint density at radius 1 is 1.00 bits per heavy atom. The summed E-state index contributed by atoms with van der Waals surface area (Å²) in [6.45, 7) is 1.11. The number of carbonyl (C=O) groups is 5. The molecule has 2 saturated heterocycles. The summed E-state index contributed by atoms with van der Waals surface area (Å²) < 4.78 is 0. The Morgan fingerprint density at radius 3 is 2.28 bits per heavy atom. The first kappa shape index (κ1) is 22.1. The largest absolute Gasteiger partial charge is 0.344 e. The monoisotopic (exact) mass is 461 g/mol. The van der Waals surface area contributed by atoms with Gasteiger partial charge in [-0.1, -0.05) is 49.9 Å². The summed E-state index contributed by atoms with van der Waals surface area (Å²) in [5, 5.41) is 6.49. The zero-order valence-electron chi connectivity index (χ0n) is 17.6. The Hall–Kier alpha value is -3.14. The van der Waals surface area contributed by atoms with Gasteiger partial charge in [-0.3, -0.25) is 24.7 Å². The fraction of sp³-hybridized carbons (Fsp3) is 0.476. The SMILES string of the molecule is CCC1(c2ccc(Cl)cc2)NC(=O)N(CC(=O)NN2C(=O)NC3(CCCCC3)C2=O)C1=O. The van der Waals surface area contributed by atoms with E-state index in [1.54, 1.807) is 31.2 Å². The molecule has 1 atom stereocenters. The summed E-state index contributed by atoms with van der Waals surface area (Å²) in [7, 11) is 0. The van der Waals surface area contributed by atoms with E-state index in [1.807, 2.05) is 0 Å². The molecule has 7 amide bonds.